The highest BCUT2D eigenvalue weighted by atomic mass is 31.1. The van der Waals surface area contributed by atoms with Crippen LogP contribution >= 0.6 is 8.58 Å². The van der Waals surface area contributed by atoms with E-state index in [-0.39, 0.29) is 0 Å². The van der Waals surface area contributed by atoms with Crippen LogP contribution in [0, 0.1) is 5.92 Å². The van der Waals surface area contributed by atoms with Gasteiger partial charge < -0.3 is 0 Å². The summed E-state index contributed by atoms with van der Waals surface area (Å²) in [6.45, 7) is 4.84. The van der Waals surface area contributed by atoms with Gasteiger partial charge in [-0.1, -0.05) is 33.1 Å². The van der Waals surface area contributed by atoms with Crippen molar-refractivity contribution in [1.29, 1.82) is 0 Å². The minimum atomic E-state index is 0.632. The molecule has 0 nitrogen and oxygen atoms in total. The fraction of sp³-hybridized carbons (Fsp3) is 0.643. The number of hydrogen-bond acceptors (Lipinski definition) is 0. The highest BCUT2D eigenvalue weighted by molar-refractivity contribution is 7.49. The van der Waals surface area contributed by atoms with Crippen molar-refractivity contribution < 1.29 is 0 Å². The molecule has 0 N–H and O–H groups in total. The molecule has 1 unspecified atom stereocenters. The van der Waals surface area contributed by atoms with Crippen molar-refractivity contribution in [3.05, 3.63) is 24.3 Å². The van der Waals surface area contributed by atoms with Gasteiger partial charge in [0, 0.05) is 0 Å². The summed E-state index contributed by atoms with van der Waals surface area (Å²) in [5.41, 5.74) is 0. The Morgan fingerprint density at radius 2 is 2.00 bits per heavy atom. The molecule has 2 rings (SSSR count). The molecule has 1 aliphatic carbocycles. The van der Waals surface area contributed by atoms with Crippen LogP contribution in [0.4, 0.5) is 0 Å². The van der Waals surface area contributed by atoms with Crippen LogP contribution in [0.25, 0.3) is 0 Å². The topological polar surface area (TPSA) is 0 Å². The number of rotatable bonds is 3. The van der Waals surface area contributed by atoms with Crippen LogP contribution in [0.2, 0.25) is 0 Å². The van der Waals surface area contributed by atoms with E-state index in [9.17, 15) is 0 Å². The smallest absolute Gasteiger partial charge is 0.0175 e. The van der Waals surface area contributed by atoms with Crippen LogP contribution in [0.1, 0.15) is 46.0 Å². The Morgan fingerprint density at radius 3 is 2.53 bits per heavy atom. The summed E-state index contributed by atoms with van der Waals surface area (Å²) in [5.74, 6) is 0.839. The molecule has 0 amide bonds. The fourth-order valence-electron chi connectivity index (χ4n) is 2.77. The van der Waals surface area contributed by atoms with E-state index in [1.165, 1.54) is 32.1 Å². The van der Waals surface area contributed by atoms with Gasteiger partial charge in [0.15, 0.2) is 0 Å². The molecule has 0 bridgehead atoms. The summed E-state index contributed by atoms with van der Waals surface area (Å²) in [5, 5.41) is 2.21. The first-order valence-electron chi connectivity index (χ1n) is 6.23. The molecule has 84 valence electrons. The monoisotopic (exact) mass is 221 g/mol. The minimum absolute atomic E-state index is 0.632. The fourth-order valence-corrected chi connectivity index (χ4v) is 4.60. The van der Waals surface area contributed by atoms with Gasteiger partial charge in [-0.2, -0.15) is 32.1 Å². The van der Waals surface area contributed by atoms with E-state index in [0.29, 0.717) is 5.16 Å². The third-order valence-corrected chi connectivity index (χ3v) is 6.10. The molecule has 1 fully saturated rings. The van der Waals surface area contributed by atoms with Gasteiger partial charge in [0.2, 0.25) is 0 Å². The van der Waals surface area contributed by atoms with Gasteiger partial charge in [0.25, 0.3) is 0 Å². The zero-order valence-corrected chi connectivity index (χ0v) is 10.9. The highest BCUT2D eigenvalue weighted by Gasteiger charge is 2.33. The Balaban J connectivity index is 2.11. The van der Waals surface area contributed by atoms with Crippen LogP contribution in [-0.2, 0) is 0 Å². The second-order valence-electron chi connectivity index (χ2n) is 5.17. The molecule has 1 aromatic rings. The quantitative estimate of drug-likeness (QED) is 0.533. The molecule has 0 aromatic heterocycles. The molecule has 1 aliphatic rings. The van der Waals surface area contributed by atoms with Gasteiger partial charge in [-0.3, -0.25) is 0 Å². The lowest BCUT2D eigenvalue weighted by Crippen LogP contribution is -2.34. The molecular formula is C14H22P-. The molecule has 1 aromatic carbocycles. The normalized spacial score (nSPS) is 21.5. The Bertz CT molecular complexity index is 278. The largest absolute Gasteiger partial charge is 0.206 e. The van der Waals surface area contributed by atoms with Crippen molar-refractivity contribution in [1.82, 2.24) is 0 Å². The van der Waals surface area contributed by atoms with Crippen molar-refractivity contribution in [2.24, 2.45) is 5.92 Å². The van der Waals surface area contributed by atoms with Crippen molar-refractivity contribution in [3.8, 4) is 0 Å². The molecule has 0 aliphatic heterocycles. The Morgan fingerprint density at radius 1 is 1.27 bits per heavy atom. The summed E-state index contributed by atoms with van der Waals surface area (Å²) in [6, 6.07) is 8.97. The average molecular weight is 221 g/mol. The first-order chi connectivity index (χ1) is 7.23. The first-order valence-corrected chi connectivity index (χ1v) is 7.23. The van der Waals surface area contributed by atoms with E-state index in [4.69, 9.17) is 0 Å². The van der Waals surface area contributed by atoms with E-state index in [0.717, 1.165) is 14.5 Å². The summed E-state index contributed by atoms with van der Waals surface area (Å²) in [7, 11) is 1.03. The lowest BCUT2D eigenvalue weighted by atomic mass is 9.80. The Hall–Kier alpha value is -0.220. The molecule has 15 heavy (non-hydrogen) atoms. The molecular weight excluding hydrogens is 199 g/mol. The van der Waals surface area contributed by atoms with Gasteiger partial charge in [-0.25, -0.2) is 6.07 Å². The third-order valence-electron chi connectivity index (χ3n) is 3.91. The highest BCUT2D eigenvalue weighted by Crippen LogP contribution is 2.48. The Labute approximate surface area is 95.6 Å². The van der Waals surface area contributed by atoms with E-state index < -0.39 is 0 Å². The van der Waals surface area contributed by atoms with E-state index >= 15 is 0 Å². The van der Waals surface area contributed by atoms with Crippen LogP contribution in [0.15, 0.2) is 24.3 Å². The molecule has 1 saturated carbocycles. The van der Waals surface area contributed by atoms with Gasteiger partial charge >= 0.3 is 0 Å². The maximum atomic E-state index is 2.42. The summed E-state index contributed by atoms with van der Waals surface area (Å²) in [6.07, 6.45) is 7.26. The second kappa shape index (κ2) is 4.74. The SMILES string of the molecule is CC(C)C1(Pc2cc[cH-]c2)CCCCC1. The molecule has 1 heteroatoms. The van der Waals surface area contributed by atoms with Crippen molar-refractivity contribution in [3.63, 3.8) is 0 Å². The average Bonchev–Trinajstić information content (AvgIpc) is 2.71. The van der Waals surface area contributed by atoms with Gasteiger partial charge in [0.1, 0.15) is 0 Å². The minimum Gasteiger partial charge on any atom is -0.206 e. The van der Waals surface area contributed by atoms with Gasteiger partial charge in [-0.05, 0) is 23.9 Å². The Kier molecular flexibility index (Phi) is 3.57. The second-order valence-corrected chi connectivity index (χ2v) is 6.99. The lowest BCUT2D eigenvalue weighted by Gasteiger charge is -2.43. The third kappa shape index (κ3) is 2.48. The molecule has 0 heterocycles. The summed E-state index contributed by atoms with van der Waals surface area (Å²) < 4.78 is 0. The number of hydrogen-bond donors (Lipinski definition) is 0. The van der Waals surface area contributed by atoms with Crippen molar-refractivity contribution >= 4 is 13.9 Å². The van der Waals surface area contributed by atoms with Crippen molar-refractivity contribution in [2.75, 3.05) is 0 Å². The van der Waals surface area contributed by atoms with Crippen molar-refractivity contribution in [2.45, 2.75) is 51.1 Å². The zero-order valence-electron chi connectivity index (χ0n) is 9.92. The molecule has 0 radical (unpaired) electrons. The van der Waals surface area contributed by atoms with Crippen LogP contribution < -0.4 is 5.30 Å². The van der Waals surface area contributed by atoms with Crippen LogP contribution in [0.3, 0.4) is 0 Å². The van der Waals surface area contributed by atoms with Crippen LogP contribution in [0.5, 0.6) is 0 Å². The van der Waals surface area contributed by atoms with E-state index in [1.807, 2.05) is 0 Å². The van der Waals surface area contributed by atoms with E-state index in [2.05, 4.69) is 38.1 Å². The molecule has 0 saturated heterocycles. The maximum Gasteiger partial charge on any atom is -0.0175 e. The van der Waals surface area contributed by atoms with Crippen LogP contribution in [-0.4, -0.2) is 5.16 Å². The summed E-state index contributed by atoms with van der Waals surface area (Å²) >= 11 is 0. The predicted octanol–water partition coefficient (Wildman–Crippen LogP) is 4.07. The summed E-state index contributed by atoms with van der Waals surface area (Å²) in [4.78, 5) is 0. The first kappa shape index (κ1) is 11.3. The predicted molar refractivity (Wildman–Crippen MR) is 70.6 cm³/mol. The molecule has 1 atom stereocenters. The van der Waals surface area contributed by atoms with E-state index in [1.54, 1.807) is 5.30 Å². The zero-order chi connectivity index (χ0) is 10.7. The maximum absolute atomic E-state index is 2.42. The molecule has 0 spiro atoms. The van der Waals surface area contributed by atoms with Gasteiger partial charge in [0.05, 0.1) is 0 Å². The van der Waals surface area contributed by atoms with Gasteiger partial charge in [-0.15, -0.1) is 0 Å². The standard InChI is InChI=1S/C14H22P/c1-12(2)14(10-6-3-7-11-14)15-13-8-4-5-9-13/h4-5,8-9,12,15H,3,6-7,10-11H2,1-2H3/q-1. The lowest BCUT2D eigenvalue weighted by molar-refractivity contribution is 0.317.